The molecule has 2 aromatic heterocycles. The van der Waals surface area contributed by atoms with E-state index < -0.39 is 48.0 Å². The Balaban J connectivity index is 1.62. The van der Waals surface area contributed by atoms with Crippen LogP contribution in [0.25, 0.3) is 11.2 Å². The number of nitrogens with zero attached hydrogens (tertiary/aromatic N) is 4. The molecule has 1 spiro atoms. The third kappa shape index (κ3) is 2.82. The Morgan fingerprint density at radius 2 is 2.03 bits per heavy atom. The molecule has 2 fully saturated rings. The minimum atomic E-state index is -2.45. The number of nitrogen functional groups attached to an aromatic ring is 1. The van der Waals surface area contributed by atoms with Crippen molar-refractivity contribution in [3.63, 3.8) is 0 Å². The quantitative estimate of drug-likeness (QED) is 0.461. The standard InChI is InChI=1S/C17H21N5O7/c1-7-20-11(18)9-12(21-7)22(6-19-9)13-17(3-4-17)10(23)8(29-13)5-28-16(2,14(24)25)15(26)27/h6,8,10,13,23H,3-5H2,1-2H3,(H,24,25)(H,26,27)(H2,18,20,21)/t8-,10-,13-/m1/s1. The van der Waals surface area contributed by atoms with Gasteiger partial charge in [-0.15, -0.1) is 0 Å². The first kappa shape index (κ1) is 19.5. The molecule has 3 atom stereocenters. The Kier molecular flexibility index (Phi) is 4.26. The number of rotatable bonds is 6. The smallest absolute Gasteiger partial charge is 0.347 e. The predicted octanol–water partition coefficient (Wildman–Crippen LogP) is -0.300. The largest absolute Gasteiger partial charge is 0.479 e. The number of ether oxygens (including phenoxy) is 2. The Morgan fingerprint density at radius 1 is 1.38 bits per heavy atom. The number of carboxylic acid groups (broad SMARTS) is 2. The zero-order valence-electron chi connectivity index (χ0n) is 15.8. The number of anilines is 1. The van der Waals surface area contributed by atoms with Gasteiger partial charge in [-0.25, -0.2) is 24.5 Å². The normalized spacial score (nSPS) is 25.6. The van der Waals surface area contributed by atoms with Gasteiger partial charge in [0.2, 0.25) is 0 Å². The van der Waals surface area contributed by atoms with Crippen LogP contribution >= 0.6 is 0 Å². The van der Waals surface area contributed by atoms with E-state index in [0.717, 1.165) is 6.92 Å². The molecule has 1 aliphatic heterocycles. The fourth-order valence-corrected chi connectivity index (χ4v) is 3.74. The molecule has 12 heteroatoms. The molecule has 3 heterocycles. The van der Waals surface area contributed by atoms with Crippen LogP contribution in [-0.2, 0) is 19.1 Å². The molecule has 0 radical (unpaired) electrons. The zero-order valence-corrected chi connectivity index (χ0v) is 15.8. The number of nitrogens with two attached hydrogens (primary N) is 1. The van der Waals surface area contributed by atoms with E-state index >= 15 is 0 Å². The molecule has 0 bridgehead atoms. The first-order valence-corrected chi connectivity index (χ1v) is 9.01. The molecule has 12 nitrogen and oxygen atoms in total. The summed E-state index contributed by atoms with van der Waals surface area (Å²) in [5.41, 5.74) is 3.72. The molecule has 5 N–H and O–H groups in total. The van der Waals surface area contributed by atoms with Gasteiger partial charge in [0.15, 0.2) is 11.5 Å². The molecule has 156 valence electrons. The van der Waals surface area contributed by atoms with Gasteiger partial charge in [-0.05, 0) is 26.7 Å². The number of hydrogen-bond acceptors (Lipinski definition) is 9. The second kappa shape index (κ2) is 6.34. The molecular weight excluding hydrogens is 386 g/mol. The Morgan fingerprint density at radius 3 is 2.62 bits per heavy atom. The average molecular weight is 407 g/mol. The van der Waals surface area contributed by atoms with Crippen LogP contribution in [0.5, 0.6) is 0 Å². The van der Waals surface area contributed by atoms with E-state index in [1.54, 1.807) is 11.5 Å². The number of aliphatic hydroxyl groups excluding tert-OH is 1. The van der Waals surface area contributed by atoms with Gasteiger partial charge in [-0.1, -0.05) is 0 Å². The lowest BCUT2D eigenvalue weighted by atomic mass is 9.96. The first-order chi connectivity index (χ1) is 13.6. The summed E-state index contributed by atoms with van der Waals surface area (Å²) < 4.78 is 12.8. The summed E-state index contributed by atoms with van der Waals surface area (Å²) in [5, 5.41) is 29.2. The SMILES string of the molecule is Cc1nc(N)c2ncn([C@@H]3O[C@H](COC(C)(C(=O)O)C(=O)O)[C@@H](O)C34CC4)c2n1. The van der Waals surface area contributed by atoms with Crippen molar-refractivity contribution in [1.82, 2.24) is 19.5 Å². The fourth-order valence-electron chi connectivity index (χ4n) is 3.74. The number of aryl methyl sites for hydroxylation is 1. The summed E-state index contributed by atoms with van der Waals surface area (Å²) in [4.78, 5) is 35.3. The van der Waals surface area contributed by atoms with Crippen molar-refractivity contribution >= 4 is 28.9 Å². The minimum Gasteiger partial charge on any atom is -0.479 e. The number of imidazole rings is 1. The maximum atomic E-state index is 11.3. The van der Waals surface area contributed by atoms with E-state index in [1.165, 1.54) is 6.33 Å². The molecular formula is C17H21N5O7. The van der Waals surface area contributed by atoms with Crippen molar-refractivity contribution in [2.24, 2.45) is 5.41 Å². The van der Waals surface area contributed by atoms with Crippen molar-refractivity contribution in [3.05, 3.63) is 12.2 Å². The second-order valence-corrected chi connectivity index (χ2v) is 7.64. The molecule has 1 saturated heterocycles. The summed E-state index contributed by atoms with van der Waals surface area (Å²) in [7, 11) is 0. The Bertz CT molecular complexity index is 987. The topological polar surface area (TPSA) is 183 Å². The highest BCUT2D eigenvalue weighted by molar-refractivity contribution is 6.01. The number of hydrogen-bond donors (Lipinski definition) is 4. The number of fused-ring (bicyclic) bond motifs is 1. The maximum Gasteiger partial charge on any atom is 0.347 e. The van der Waals surface area contributed by atoms with Gasteiger partial charge in [-0.2, -0.15) is 0 Å². The lowest BCUT2D eigenvalue weighted by Crippen LogP contribution is -2.48. The first-order valence-electron chi connectivity index (χ1n) is 9.01. The van der Waals surface area contributed by atoms with Gasteiger partial charge < -0.3 is 30.5 Å². The predicted molar refractivity (Wildman–Crippen MR) is 95.7 cm³/mol. The highest BCUT2D eigenvalue weighted by Crippen LogP contribution is 2.62. The van der Waals surface area contributed by atoms with Gasteiger partial charge in [0.05, 0.1) is 19.0 Å². The number of aliphatic carboxylic acids is 2. The highest BCUT2D eigenvalue weighted by atomic mass is 16.6. The molecule has 0 unspecified atom stereocenters. The summed E-state index contributed by atoms with van der Waals surface area (Å²) in [5.74, 6) is -2.59. The van der Waals surface area contributed by atoms with Crippen LogP contribution in [0.2, 0.25) is 0 Å². The van der Waals surface area contributed by atoms with Crippen LogP contribution in [0, 0.1) is 12.3 Å². The molecule has 0 aromatic carbocycles. The highest BCUT2D eigenvalue weighted by Gasteiger charge is 2.64. The monoisotopic (exact) mass is 407 g/mol. The van der Waals surface area contributed by atoms with Gasteiger partial charge in [-0.3, -0.25) is 4.57 Å². The van der Waals surface area contributed by atoms with Crippen LogP contribution in [0.15, 0.2) is 6.33 Å². The number of aromatic nitrogens is 4. The summed E-state index contributed by atoms with van der Waals surface area (Å²) in [6.45, 7) is 2.23. The van der Waals surface area contributed by atoms with Crippen LogP contribution in [0.3, 0.4) is 0 Å². The van der Waals surface area contributed by atoms with E-state index in [0.29, 0.717) is 29.8 Å². The molecule has 0 amide bonds. The lowest BCUT2D eigenvalue weighted by molar-refractivity contribution is -0.187. The average Bonchev–Trinajstić information content (AvgIpc) is 3.27. The fraction of sp³-hybridized carbons (Fsp3) is 0.588. The molecule has 2 aromatic rings. The maximum absolute atomic E-state index is 11.3. The number of carbonyl (C=O) groups is 2. The third-order valence-corrected chi connectivity index (χ3v) is 5.73. The summed E-state index contributed by atoms with van der Waals surface area (Å²) in [6.07, 6.45) is 0.322. The van der Waals surface area contributed by atoms with Crippen molar-refractivity contribution in [3.8, 4) is 0 Å². The Labute approximate surface area is 164 Å². The van der Waals surface area contributed by atoms with Crippen molar-refractivity contribution < 1.29 is 34.4 Å². The second-order valence-electron chi connectivity index (χ2n) is 7.64. The molecule has 1 aliphatic carbocycles. The van der Waals surface area contributed by atoms with Gasteiger partial charge in [0, 0.05) is 5.41 Å². The third-order valence-electron chi connectivity index (χ3n) is 5.73. The molecule has 29 heavy (non-hydrogen) atoms. The number of aliphatic hydroxyl groups is 1. The van der Waals surface area contributed by atoms with Gasteiger partial charge >= 0.3 is 11.9 Å². The van der Waals surface area contributed by atoms with E-state index in [2.05, 4.69) is 15.0 Å². The van der Waals surface area contributed by atoms with Gasteiger partial charge in [0.25, 0.3) is 5.60 Å². The Hall–Kier alpha value is -2.83. The van der Waals surface area contributed by atoms with Crippen LogP contribution in [-0.4, -0.2) is 71.2 Å². The minimum absolute atomic E-state index is 0.230. The van der Waals surface area contributed by atoms with E-state index in [9.17, 15) is 24.9 Å². The molecule has 1 saturated carbocycles. The lowest BCUT2D eigenvalue weighted by Gasteiger charge is -2.23. The van der Waals surface area contributed by atoms with Crippen LogP contribution < -0.4 is 5.73 Å². The molecule has 4 rings (SSSR count). The summed E-state index contributed by atoms with van der Waals surface area (Å²) in [6, 6.07) is 0. The van der Waals surface area contributed by atoms with E-state index in [-0.39, 0.29) is 5.82 Å². The number of carboxylic acids is 2. The van der Waals surface area contributed by atoms with E-state index in [1.807, 2.05) is 0 Å². The zero-order chi connectivity index (χ0) is 21.1. The van der Waals surface area contributed by atoms with Crippen molar-refractivity contribution in [1.29, 1.82) is 0 Å². The van der Waals surface area contributed by atoms with E-state index in [4.69, 9.17) is 15.2 Å². The summed E-state index contributed by atoms with van der Waals surface area (Å²) >= 11 is 0. The van der Waals surface area contributed by atoms with Crippen molar-refractivity contribution in [2.75, 3.05) is 12.3 Å². The van der Waals surface area contributed by atoms with Crippen molar-refractivity contribution in [2.45, 2.75) is 50.7 Å². The van der Waals surface area contributed by atoms with Gasteiger partial charge in [0.1, 0.15) is 23.7 Å². The van der Waals surface area contributed by atoms with Crippen LogP contribution in [0.4, 0.5) is 5.82 Å². The molecule has 2 aliphatic rings. The van der Waals surface area contributed by atoms with Crippen LogP contribution in [0.1, 0.15) is 31.8 Å².